The number of hydrogen-bond acceptors (Lipinski definition) is 4. The van der Waals surface area contributed by atoms with Crippen LogP contribution in [-0.2, 0) is 13.1 Å². The van der Waals surface area contributed by atoms with Crippen LogP contribution >= 0.6 is 0 Å². The zero-order chi connectivity index (χ0) is 16.1. The number of likely N-dealkylation sites (N-methyl/N-ethyl adjacent to an activating group) is 1. The first-order chi connectivity index (χ1) is 11.3. The van der Waals surface area contributed by atoms with Gasteiger partial charge in [0, 0.05) is 44.4 Å². The van der Waals surface area contributed by atoms with Crippen LogP contribution in [-0.4, -0.2) is 44.9 Å². The number of hydrogen-bond donors (Lipinski definition) is 0. The quantitative estimate of drug-likeness (QED) is 0.671. The Morgan fingerprint density at radius 1 is 1.22 bits per heavy atom. The topological polar surface area (TPSA) is 48.1 Å². The highest BCUT2D eigenvalue weighted by atomic mass is 16.5. The molecule has 0 aliphatic carbocycles. The van der Waals surface area contributed by atoms with Gasteiger partial charge in [0.1, 0.15) is 5.75 Å². The highest BCUT2D eigenvalue weighted by Crippen LogP contribution is 2.22. The number of aromatic nitrogens is 4. The minimum atomic E-state index is 0.821. The van der Waals surface area contributed by atoms with E-state index >= 15 is 0 Å². The van der Waals surface area contributed by atoms with Crippen LogP contribution < -0.4 is 4.74 Å². The van der Waals surface area contributed by atoms with Gasteiger partial charge in [0.25, 0.3) is 0 Å². The Labute approximate surface area is 135 Å². The van der Waals surface area contributed by atoms with Crippen molar-refractivity contribution in [2.24, 2.45) is 0 Å². The second-order valence-electron chi connectivity index (χ2n) is 5.48. The van der Waals surface area contributed by atoms with E-state index in [1.807, 2.05) is 41.6 Å². The van der Waals surface area contributed by atoms with Crippen LogP contribution in [0.4, 0.5) is 0 Å². The van der Waals surface area contributed by atoms with Crippen molar-refractivity contribution in [2.45, 2.75) is 13.1 Å². The van der Waals surface area contributed by atoms with Crippen molar-refractivity contribution >= 4 is 0 Å². The number of methoxy groups -OCH3 is 1. The molecule has 0 N–H and O–H groups in total. The summed E-state index contributed by atoms with van der Waals surface area (Å²) in [5.41, 5.74) is 2.26. The average molecular weight is 311 g/mol. The van der Waals surface area contributed by atoms with Gasteiger partial charge >= 0.3 is 0 Å². The van der Waals surface area contributed by atoms with Crippen LogP contribution in [0.15, 0.2) is 55.4 Å². The predicted molar refractivity (Wildman–Crippen MR) is 88.7 cm³/mol. The Morgan fingerprint density at radius 2 is 2.13 bits per heavy atom. The van der Waals surface area contributed by atoms with Crippen LogP contribution in [0, 0.1) is 0 Å². The molecule has 2 heterocycles. The first-order valence-electron chi connectivity index (χ1n) is 7.57. The van der Waals surface area contributed by atoms with E-state index in [4.69, 9.17) is 4.74 Å². The van der Waals surface area contributed by atoms with E-state index in [0.717, 1.165) is 31.1 Å². The summed E-state index contributed by atoms with van der Waals surface area (Å²) in [5, 5.41) is 4.34. The summed E-state index contributed by atoms with van der Waals surface area (Å²) in [5.74, 6) is 0.860. The van der Waals surface area contributed by atoms with Crippen molar-refractivity contribution in [3.8, 4) is 11.4 Å². The summed E-state index contributed by atoms with van der Waals surface area (Å²) in [6.07, 6.45) is 9.37. The summed E-state index contributed by atoms with van der Waals surface area (Å²) >= 11 is 0. The van der Waals surface area contributed by atoms with E-state index in [0.29, 0.717) is 0 Å². The first-order valence-corrected chi connectivity index (χ1v) is 7.57. The normalized spacial score (nSPS) is 11.1. The maximum Gasteiger partial charge on any atom is 0.119 e. The molecule has 6 nitrogen and oxygen atoms in total. The van der Waals surface area contributed by atoms with E-state index < -0.39 is 0 Å². The summed E-state index contributed by atoms with van der Waals surface area (Å²) < 4.78 is 9.33. The van der Waals surface area contributed by atoms with Gasteiger partial charge in [-0.3, -0.25) is 0 Å². The van der Waals surface area contributed by atoms with Gasteiger partial charge in [-0.05, 0) is 36.9 Å². The summed E-state index contributed by atoms with van der Waals surface area (Å²) in [6.45, 7) is 2.67. The van der Waals surface area contributed by atoms with E-state index in [2.05, 4.69) is 32.7 Å². The summed E-state index contributed by atoms with van der Waals surface area (Å²) in [4.78, 5) is 6.35. The van der Waals surface area contributed by atoms with Gasteiger partial charge in [0.05, 0.1) is 19.1 Å². The van der Waals surface area contributed by atoms with Crippen molar-refractivity contribution in [2.75, 3.05) is 20.7 Å². The molecule has 0 radical (unpaired) electrons. The number of imidazole rings is 1. The number of ether oxygens (including phenoxy) is 1. The summed E-state index contributed by atoms with van der Waals surface area (Å²) in [7, 11) is 3.80. The lowest BCUT2D eigenvalue weighted by molar-refractivity contribution is 0.310. The lowest BCUT2D eigenvalue weighted by Gasteiger charge is -2.19. The standard InChI is InChI=1S/C17H21N5O/c1-20(10-11-21-9-7-18-14-21)13-15-12-16(23-2)4-5-17(15)22-8-3-6-19-22/h3-9,12,14H,10-11,13H2,1-2H3. The van der Waals surface area contributed by atoms with E-state index in [1.165, 1.54) is 5.56 Å². The largest absolute Gasteiger partial charge is 0.497 e. The fourth-order valence-corrected chi connectivity index (χ4v) is 2.53. The van der Waals surface area contributed by atoms with Crippen LogP contribution in [0.5, 0.6) is 5.75 Å². The van der Waals surface area contributed by atoms with Crippen molar-refractivity contribution in [3.05, 3.63) is 60.9 Å². The molecule has 0 unspecified atom stereocenters. The van der Waals surface area contributed by atoms with Gasteiger partial charge in [0.2, 0.25) is 0 Å². The minimum absolute atomic E-state index is 0.821. The van der Waals surface area contributed by atoms with Crippen LogP contribution in [0.25, 0.3) is 5.69 Å². The second kappa shape index (κ2) is 7.11. The van der Waals surface area contributed by atoms with Gasteiger partial charge < -0.3 is 14.2 Å². The van der Waals surface area contributed by atoms with Crippen molar-refractivity contribution < 1.29 is 4.74 Å². The molecule has 0 bridgehead atoms. The molecule has 3 rings (SSSR count). The molecule has 0 atom stereocenters. The highest BCUT2D eigenvalue weighted by molar-refractivity contribution is 5.45. The Morgan fingerprint density at radius 3 is 2.83 bits per heavy atom. The Kier molecular flexibility index (Phi) is 4.73. The third kappa shape index (κ3) is 3.78. The van der Waals surface area contributed by atoms with Crippen molar-refractivity contribution in [3.63, 3.8) is 0 Å². The van der Waals surface area contributed by atoms with Gasteiger partial charge in [-0.15, -0.1) is 0 Å². The zero-order valence-corrected chi connectivity index (χ0v) is 13.5. The second-order valence-corrected chi connectivity index (χ2v) is 5.48. The van der Waals surface area contributed by atoms with E-state index in [1.54, 1.807) is 19.5 Å². The third-order valence-electron chi connectivity index (χ3n) is 3.78. The maximum absolute atomic E-state index is 5.37. The molecule has 0 saturated heterocycles. The van der Waals surface area contributed by atoms with Gasteiger partial charge in [-0.1, -0.05) is 0 Å². The number of benzene rings is 1. The molecule has 1 aromatic carbocycles. The molecule has 0 spiro atoms. The Hall–Kier alpha value is -2.60. The van der Waals surface area contributed by atoms with Crippen LogP contribution in [0.2, 0.25) is 0 Å². The molecule has 0 saturated carbocycles. The summed E-state index contributed by atoms with van der Waals surface area (Å²) in [6, 6.07) is 8.01. The zero-order valence-electron chi connectivity index (χ0n) is 13.5. The fraction of sp³-hybridized carbons (Fsp3) is 0.294. The van der Waals surface area contributed by atoms with Crippen LogP contribution in [0.3, 0.4) is 0 Å². The van der Waals surface area contributed by atoms with Crippen LogP contribution in [0.1, 0.15) is 5.56 Å². The third-order valence-corrected chi connectivity index (χ3v) is 3.78. The molecule has 6 heteroatoms. The van der Waals surface area contributed by atoms with Crippen molar-refractivity contribution in [1.29, 1.82) is 0 Å². The molecule has 3 aromatic rings. The minimum Gasteiger partial charge on any atom is -0.497 e. The van der Waals surface area contributed by atoms with Gasteiger partial charge in [-0.2, -0.15) is 5.10 Å². The van der Waals surface area contributed by atoms with E-state index in [9.17, 15) is 0 Å². The monoisotopic (exact) mass is 311 g/mol. The SMILES string of the molecule is COc1ccc(-n2cccn2)c(CN(C)CCn2ccnc2)c1. The molecule has 2 aromatic heterocycles. The lowest BCUT2D eigenvalue weighted by atomic mass is 10.1. The Bertz CT molecular complexity index is 722. The van der Waals surface area contributed by atoms with E-state index in [-0.39, 0.29) is 0 Å². The molecule has 0 aliphatic heterocycles. The Balaban J connectivity index is 1.74. The highest BCUT2D eigenvalue weighted by Gasteiger charge is 2.10. The molecule has 0 fully saturated rings. The number of nitrogens with zero attached hydrogens (tertiary/aromatic N) is 5. The molecular formula is C17H21N5O. The predicted octanol–water partition coefficient (Wildman–Crippen LogP) is 2.21. The lowest BCUT2D eigenvalue weighted by Crippen LogP contribution is -2.23. The smallest absolute Gasteiger partial charge is 0.119 e. The fourth-order valence-electron chi connectivity index (χ4n) is 2.53. The van der Waals surface area contributed by atoms with Gasteiger partial charge in [0.15, 0.2) is 0 Å². The van der Waals surface area contributed by atoms with Crippen molar-refractivity contribution in [1.82, 2.24) is 24.2 Å². The first kappa shape index (κ1) is 15.3. The average Bonchev–Trinajstić information content (AvgIpc) is 3.26. The molecule has 0 aliphatic rings. The van der Waals surface area contributed by atoms with Gasteiger partial charge in [-0.25, -0.2) is 9.67 Å². The molecule has 23 heavy (non-hydrogen) atoms. The molecular weight excluding hydrogens is 290 g/mol. The molecule has 0 amide bonds. The molecule has 120 valence electrons. The number of rotatable bonds is 7. The maximum atomic E-state index is 5.37.